The zero-order valence-electron chi connectivity index (χ0n) is 14.3. The second-order valence-corrected chi connectivity index (χ2v) is 8.81. The molecule has 25 heavy (non-hydrogen) atoms. The monoisotopic (exact) mass is 428 g/mol. The van der Waals surface area contributed by atoms with Gasteiger partial charge in [-0.25, -0.2) is 13.1 Å². The second kappa shape index (κ2) is 8.16. The third-order valence-corrected chi connectivity index (χ3v) is 5.49. The molecule has 2 aromatic carbocycles. The van der Waals surface area contributed by atoms with E-state index in [9.17, 15) is 13.2 Å². The van der Waals surface area contributed by atoms with E-state index in [1.54, 1.807) is 25.1 Å². The van der Waals surface area contributed by atoms with Crippen molar-refractivity contribution in [3.8, 4) is 0 Å². The minimum Gasteiger partial charge on any atom is -0.463 e. The Balaban J connectivity index is 2.22. The minimum absolute atomic E-state index is 0.0115. The lowest BCUT2D eigenvalue weighted by Gasteiger charge is -2.17. The molecule has 0 amide bonds. The molecular formula is C17H21BrN2O4S. The molecule has 0 aliphatic heterocycles. The van der Waals surface area contributed by atoms with Crippen molar-refractivity contribution in [3.05, 3.63) is 36.4 Å². The fourth-order valence-corrected chi connectivity index (χ4v) is 3.77. The second-order valence-electron chi connectivity index (χ2n) is 5.70. The van der Waals surface area contributed by atoms with Crippen LogP contribution in [0.5, 0.6) is 0 Å². The zero-order valence-corrected chi connectivity index (χ0v) is 16.7. The standard InChI is InChI=1S/C17H21BrN2O4S/c1-12(18)17(21)24-11-10-19-25(22,23)16-9-5-6-13-14(16)7-4-8-15(13)20(2)3/h4-9,12,19H,10-11H2,1-3H3. The summed E-state index contributed by atoms with van der Waals surface area (Å²) in [7, 11) is 0.101. The molecule has 1 unspecified atom stereocenters. The van der Waals surface area contributed by atoms with Crippen LogP contribution in [0.3, 0.4) is 0 Å². The van der Waals surface area contributed by atoms with Gasteiger partial charge in [0.1, 0.15) is 11.4 Å². The van der Waals surface area contributed by atoms with Gasteiger partial charge in [-0.15, -0.1) is 0 Å². The molecular weight excluding hydrogens is 408 g/mol. The Hall–Kier alpha value is -1.64. The zero-order chi connectivity index (χ0) is 18.6. The molecule has 0 saturated carbocycles. The molecule has 1 N–H and O–H groups in total. The van der Waals surface area contributed by atoms with Crippen LogP contribution < -0.4 is 9.62 Å². The summed E-state index contributed by atoms with van der Waals surface area (Å²) in [6, 6.07) is 10.7. The number of hydrogen-bond acceptors (Lipinski definition) is 5. The van der Waals surface area contributed by atoms with Crippen molar-refractivity contribution in [3.63, 3.8) is 0 Å². The molecule has 136 valence electrons. The van der Waals surface area contributed by atoms with Gasteiger partial charge in [0.2, 0.25) is 10.0 Å². The Morgan fingerprint density at radius 1 is 1.20 bits per heavy atom. The highest BCUT2D eigenvalue weighted by Crippen LogP contribution is 2.29. The number of nitrogens with zero attached hydrogens (tertiary/aromatic N) is 1. The van der Waals surface area contributed by atoms with Crippen LogP contribution in [0.1, 0.15) is 6.92 Å². The maximum atomic E-state index is 12.6. The summed E-state index contributed by atoms with van der Waals surface area (Å²) in [5.41, 5.74) is 0.940. The number of sulfonamides is 1. The van der Waals surface area contributed by atoms with E-state index in [0.29, 0.717) is 5.39 Å². The Labute approximate surface area is 156 Å². The quantitative estimate of drug-likeness (QED) is 0.416. The van der Waals surface area contributed by atoms with Gasteiger partial charge < -0.3 is 9.64 Å². The number of fused-ring (bicyclic) bond motifs is 1. The largest absolute Gasteiger partial charge is 0.463 e. The Kier molecular flexibility index (Phi) is 6.42. The molecule has 1 atom stereocenters. The van der Waals surface area contributed by atoms with E-state index in [-0.39, 0.29) is 18.0 Å². The van der Waals surface area contributed by atoms with Crippen molar-refractivity contribution in [1.29, 1.82) is 0 Å². The summed E-state index contributed by atoms with van der Waals surface area (Å²) in [6.07, 6.45) is 0. The number of benzene rings is 2. The van der Waals surface area contributed by atoms with Crippen molar-refractivity contribution in [1.82, 2.24) is 4.72 Å². The molecule has 0 aliphatic carbocycles. The summed E-state index contributed by atoms with van der Waals surface area (Å²) < 4.78 is 32.7. The molecule has 2 aromatic rings. The summed E-state index contributed by atoms with van der Waals surface area (Å²) >= 11 is 3.10. The molecule has 0 radical (unpaired) electrons. The van der Waals surface area contributed by atoms with Gasteiger partial charge in [-0.3, -0.25) is 4.79 Å². The topological polar surface area (TPSA) is 75.7 Å². The molecule has 0 heterocycles. The Morgan fingerprint density at radius 2 is 1.84 bits per heavy atom. The van der Waals surface area contributed by atoms with Gasteiger partial charge in [0.15, 0.2) is 0 Å². The number of rotatable bonds is 7. The van der Waals surface area contributed by atoms with Crippen molar-refractivity contribution in [2.24, 2.45) is 0 Å². The fraction of sp³-hybridized carbons (Fsp3) is 0.353. The van der Waals surface area contributed by atoms with Crippen molar-refractivity contribution in [2.75, 3.05) is 32.1 Å². The van der Waals surface area contributed by atoms with Crippen LogP contribution in [0, 0.1) is 0 Å². The van der Waals surface area contributed by atoms with Crippen LogP contribution in [0.4, 0.5) is 5.69 Å². The van der Waals surface area contributed by atoms with Gasteiger partial charge in [0, 0.05) is 37.1 Å². The smallest absolute Gasteiger partial charge is 0.319 e. The first-order valence-electron chi connectivity index (χ1n) is 7.73. The van der Waals surface area contributed by atoms with E-state index in [2.05, 4.69) is 20.7 Å². The van der Waals surface area contributed by atoms with E-state index in [1.165, 1.54) is 0 Å². The number of hydrogen-bond donors (Lipinski definition) is 1. The number of nitrogens with one attached hydrogen (secondary N) is 1. The van der Waals surface area contributed by atoms with Gasteiger partial charge in [-0.05, 0) is 19.1 Å². The average molecular weight is 429 g/mol. The lowest BCUT2D eigenvalue weighted by atomic mass is 10.1. The van der Waals surface area contributed by atoms with E-state index >= 15 is 0 Å². The van der Waals surface area contributed by atoms with Gasteiger partial charge in [-0.1, -0.05) is 40.2 Å². The first-order valence-corrected chi connectivity index (χ1v) is 10.1. The molecule has 0 spiro atoms. The molecule has 2 rings (SSSR count). The molecule has 0 saturated heterocycles. The van der Waals surface area contributed by atoms with Gasteiger partial charge in [0.25, 0.3) is 0 Å². The number of carbonyl (C=O) groups excluding carboxylic acids is 1. The van der Waals surface area contributed by atoms with E-state index in [0.717, 1.165) is 11.1 Å². The minimum atomic E-state index is -3.72. The predicted octanol–water partition coefficient (Wildman–Crippen LogP) is 2.51. The molecule has 6 nitrogen and oxygen atoms in total. The molecule has 0 aliphatic rings. The van der Waals surface area contributed by atoms with Crippen LogP contribution in [-0.2, 0) is 19.6 Å². The summed E-state index contributed by atoms with van der Waals surface area (Å²) in [5, 5.41) is 1.50. The lowest BCUT2D eigenvalue weighted by molar-refractivity contribution is -0.142. The third-order valence-electron chi connectivity index (χ3n) is 3.59. The average Bonchev–Trinajstić information content (AvgIpc) is 2.57. The number of anilines is 1. The number of alkyl halides is 1. The van der Waals surface area contributed by atoms with Crippen molar-refractivity contribution < 1.29 is 17.9 Å². The van der Waals surface area contributed by atoms with Gasteiger partial charge in [0.05, 0.1) is 4.90 Å². The predicted molar refractivity (Wildman–Crippen MR) is 103 cm³/mol. The summed E-state index contributed by atoms with van der Waals surface area (Å²) in [5.74, 6) is -0.431. The lowest BCUT2D eigenvalue weighted by Crippen LogP contribution is -2.29. The maximum Gasteiger partial charge on any atom is 0.319 e. The maximum absolute atomic E-state index is 12.6. The highest BCUT2D eigenvalue weighted by molar-refractivity contribution is 9.10. The Morgan fingerprint density at radius 3 is 2.48 bits per heavy atom. The van der Waals surface area contributed by atoms with E-state index < -0.39 is 20.8 Å². The van der Waals surface area contributed by atoms with Crippen LogP contribution in [0.25, 0.3) is 10.8 Å². The van der Waals surface area contributed by atoms with Crippen molar-refractivity contribution in [2.45, 2.75) is 16.6 Å². The molecule has 0 fully saturated rings. The van der Waals surface area contributed by atoms with Crippen LogP contribution >= 0.6 is 15.9 Å². The van der Waals surface area contributed by atoms with E-state index in [1.807, 2.05) is 37.2 Å². The van der Waals surface area contributed by atoms with Gasteiger partial charge >= 0.3 is 5.97 Å². The molecule has 0 bridgehead atoms. The molecule has 0 aromatic heterocycles. The van der Waals surface area contributed by atoms with Gasteiger partial charge in [-0.2, -0.15) is 0 Å². The normalized spacial score (nSPS) is 12.8. The Bertz CT molecular complexity index is 866. The fourth-order valence-electron chi connectivity index (χ4n) is 2.41. The first-order chi connectivity index (χ1) is 11.7. The third kappa shape index (κ3) is 4.71. The highest BCUT2D eigenvalue weighted by Gasteiger charge is 2.18. The summed E-state index contributed by atoms with van der Waals surface area (Å²) in [4.78, 5) is 13.1. The number of esters is 1. The van der Waals surface area contributed by atoms with Crippen molar-refractivity contribution >= 4 is 48.4 Å². The van der Waals surface area contributed by atoms with E-state index in [4.69, 9.17) is 4.74 Å². The van der Waals surface area contributed by atoms with Crippen LogP contribution in [0.15, 0.2) is 41.3 Å². The highest BCUT2D eigenvalue weighted by atomic mass is 79.9. The first kappa shape index (κ1) is 19.7. The summed E-state index contributed by atoms with van der Waals surface area (Å²) in [6.45, 7) is 1.63. The van der Waals surface area contributed by atoms with Crippen LogP contribution in [0.2, 0.25) is 0 Å². The number of ether oxygens (including phenoxy) is 1. The molecule has 8 heteroatoms. The number of carbonyl (C=O) groups is 1. The van der Waals surface area contributed by atoms with Crippen LogP contribution in [-0.4, -0.2) is 46.5 Å². The number of halogens is 1. The SMILES string of the molecule is CC(Br)C(=O)OCCNS(=O)(=O)c1cccc2c(N(C)C)cccc12.